The Morgan fingerprint density at radius 1 is 1.27 bits per heavy atom. The molecule has 0 radical (unpaired) electrons. The Kier molecular flexibility index (Phi) is 3.51. The minimum atomic E-state index is -0.921. The number of aromatic carboxylic acids is 1. The summed E-state index contributed by atoms with van der Waals surface area (Å²) in [5.74, 6) is -0.921. The molecule has 2 rings (SSSR count). The molecule has 0 unspecified atom stereocenters. The molecule has 1 N–H and O–H groups in total. The number of pyridine rings is 1. The van der Waals surface area contributed by atoms with Crippen LogP contribution in [0.4, 0.5) is 0 Å². The first-order valence-electron chi connectivity index (χ1n) is 4.27. The molecule has 1 aromatic heterocycles. The number of hydrogen-bond donors (Lipinski definition) is 1. The van der Waals surface area contributed by atoms with Crippen molar-refractivity contribution < 1.29 is 9.90 Å². The molecule has 0 fully saturated rings. The van der Waals surface area contributed by atoms with Gasteiger partial charge in [-0.2, -0.15) is 0 Å². The Hall–Kier alpha value is -1.30. The summed E-state index contributed by atoms with van der Waals surface area (Å²) >= 11 is 0. The second kappa shape index (κ2) is 4.48. The van der Waals surface area contributed by atoms with Crippen LogP contribution in [-0.4, -0.2) is 34.9 Å². The van der Waals surface area contributed by atoms with Crippen molar-refractivity contribution in [3.8, 4) is 0 Å². The summed E-state index contributed by atoms with van der Waals surface area (Å²) in [5, 5.41) is 9.74. The zero-order chi connectivity index (χ0) is 10.1. The van der Waals surface area contributed by atoms with Gasteiger partial charge in [-0.1, -0.05) is 12.1 Å². The monoisotopic (exact) mass is 195 g/mol. The van der Waals surface area contributed by atoms with E-state index in [4.69, 9.17) is 5.11 Å². The fourth-order valence-electron chi connectivity index (χ4n) is 1.35. The number of hydrogen-bond acceptors (Lipinski definition) is 2. The van der Waals surface area contributed by atoms with Gasteiger partial charge in [0.15, 0.2) is 0 Å². The van der Waals surface area contributed by atoms with Gasteiger partial charge in [0.2, 0.25) is 0 Å². The molecule has 0 aliphatic heterocycles. The average molecular weight is 195 g/mol. The third kappa shape index (κ3) is 2.38. The van der Waals surface area contributed by atoms with E-state index in [0.29, 0.717) is 0 Å². The van der Waals surface area contributed by atoms with Crippen molar-refractivity contribution in [3.05, 3.63) is 41.6 Å². The molecule has 2 aromatic rings. The predicted octanol–water partition coefficient (Wildman–Crippen LogP) is 1.59. The maximum absolute atomic E-state index is 10.7. The Morgan fingerprint density at radius 2 is 1.93 bits per heavy atom. The van der Waals surface area contributed by atoms with Crippen LogP contribution in [0.15, 0.2) is 30.3 Å². The van der Waals surface area contributed by atoms with Crippen LogP contribution < -0.4 is 0 Å². The van der Waals surface area contributed by atoms with Crippen LogP contribution in [0, 0.1) is 6.92 Å². The molecular formula is C11H10LiNO2. The standard InChI is InChI=1S/C11H9NO2.Li.H/c1-7-2-3-8-4-5-9(11(13)14)6-10(8)12-7;;/h2-6H,1H3,(H,13,14);;. The van der Waals surface area contributed by atoms with Gasteiger partial charge in [0.25, 0.3) is 0 Å². The zero-order valence-electron chi connectivity index (χ0n) is 7.69. The van der Waals surface area contributed by atoms with Crippen molar-refractivity contribution >= 4 is 35.7 Å². The van der Waals surface area contributed by atoms with Gasteiger partial charge in [-0.05, 0) is 25.1 Å². The van der Waals surface area contributed by atoms with Crippen molar-refractivity contribution in [2.75, 3.05) is 0 Å². The van der Waals surface area contributed by atoms with E-state index in [1.54, 1.807) is 18.2 Å². The third-order valence-corrected chi connectivity index (χ3v) is 2.08. The Balaban J connectivity index is 0.00000112. The SMILES string of the molecule is Cc1ccc2ccc(C(=O)O)cc2n1.[LiH]. The summed E-state index contributed by atoms with van der Waals surface area (Å²) in [6.45, 7) is 1.88. The number of benzene rings is 1. The molecule has 1 aromatic carbocycles. The summed E-state index contributed by atoms with van der Waals surface area (Å²) in [5.41, 5.74) is 1.89. The van der Waals surface area contributed by atoms with Gasteiger partial charge in [0.05, 0.1) is 11.1 Å². The fourth-order valence-corrected chi connectivity index (χ4v) is 1.35. The van der Waals surface area contributed by atoms with Gasteiger partial charge in [-0.3, -0.25) is 4.98 Å². The van der Waals surface area contributed by atoms with E-state index >= 15 is 0 Å². The molecule has 0 saturated carbocycles. The van der Waals surface area contributed by atoms with Gasteiger partial charge in [0.1, 0.15) is 0 Å². The summed E-state index contributed by atoms with van der Waals surface area (Å²) in [6.07, 6.45) is 0. The summed E-state index contributed by atoms with van der Waals surface area (Å²) in [6, 6.07) is 8.78. The second-order valence-electron chi connectivity index (χ2n) is 3.17. The zero-order valence-corrected chi connectivity index (χ0v) is 7.69. The van der Waals surface area contributed by atoms with Crippen LogP contribution in [0.5, 0.6) is 0 Å². The molecule has 3 nitrogen and oxygen atoms in total. The molecule has 72 valence electrons. The van der Waals surface area contributed by atoms with Crippen LogP contribution in [0.1, 0.15) is 16.1 Å². The maximum atomic E-state index is 10.7. The first-order valence-corrected chi connectivity index (χ1v) is 4.27. The average Bonchev–Trinajstić information content (AvgIpc) is 2.16. The number of carbonyl (C=O) groups is 1. The Labute approximate surface area is 99.3 Å². The number of rotatable bonds is 1. The first-order chi connectivity index (χ1) is 6.66. The molecule has 0 aliphatic rings. The second-order valence-corrected chi connectivity index (χ2v) is 3.17. The van der Waals surface area contributed by atoms with Crippen molar-refractivity contribution in [1.82, 2.24) is 4.98 Å². The van der Waals surface area contributed by atoms with E-state index in [-0.39, 0.29) is 24.4 Å². The molecule has 0 bridgehead atoms. The number of fused-ring (bicyclic) bond motifs is 1. The van der Waals surface area contributed by atoms with Crippen LogP contribution in [0.2, 0.25) is 0 Å². The first kappa shape index (κ1) is 11.8. The number of aryl methyl sites for hydroxylation is 1. The van der Waals surface area contributed by atoms with E-state index in [1.807, 2.05) is 19.1 Å². The molecule has 0 spiro atoms. The van der Waals surface area contributed by atoms with Crippen LogP contribution in [0.3, 0.4) is 0 Å². The molecule has 4 heteroatoms. The molecule has 0 atom stereocenters. The van der Waals surface area contributed by atoms with Crippen molar-refractivity contribution in [2.24, 2.45) is 0 Å². The molecule has 0 aliphatic carbocycles. The third-order valence-electron chi connectivity index (χ3n) is 2.08. The van der Waals surface area contributed by atoms with Gasteiger partial charge in [-0.25, -0.2) is 4.79 Å². The molecular weight excluding hydrogens is 185 g/mol. The fraction of sp³-hybridized carbons (Fsp3) is 0.0909. The van der Waals surface area contributed by atoms with Gasteiger partial charge < -0.3 is 5.11 Å². The van der Waals surface area contributed by atoms with Crippen molar-refractivity contribution in [1.29, 1.82) is 0 Å². The number of carboxylic acid groups (broad SMARTS) is 1. The normalized spacial score (nSPS) is 9.67. The van der Waals surface area contributed by atoms with Crippen molar-refractivity contribution in [2.45, 2.75) is 6.92 Å². The van der Waals surface area contributed by atoms with E-state index < -0.39 is 5.97 Å². The molecule has 0 saturated heterocycles. The number of nitrogens with zero attached hydrogens (tertiary/aromatic N) is 1. The molecule has 1 heterocycles. The molecule has 0 amide bonds. The summed E-state index contributed by atoms with van der Waals surface area (Å²) in [7, 11) is 0. The van der Waals surface area contributed by atoms with E-state index in [0.717, 1.165) is 16.6 Å². The number of aromatic nitrogens is 1. The van der Waals surface area contributed by atoms with E-state index in [2.05, 4.69) is 4.98 Å². The van der Waals surface area contributed by atoms with Gasteiger partial charge >= 0.3 is 24.8 Å². The van der Waals surface area contributed by atoms with E-state index in [1.165, 1.54) is 0 Å². The predicted molar refractivity (Wildman–Crippen MR) is 60.6 cm³/mol. The Morgan fingerprint density at radius 3 is 2.60 bits per heavy atom. The van der Waals surface area contributed by atoms with Gasteiger partial charge in [0, 0.05) is 11.1 Å². The van der Waals surface area contributed by atoms with Crippen molar-refractivity contribution in [3.63, 3.8) is 0 Å². The quantitative estimate of drug-likeness (QED) is 0.703. The minimum absolute atomic E-state index is 0. The topological polar surface area (TPSA) is 50.2 Å². The number of carboxylic acids is 1. The van der Waals surface area contributed by atoms with Crippen LogP contribution in [-0.2, 0) is 0 Å². The summed E-state index contributed by atoms with van der Waals surface area (Å²) in [4.78, 5) is 15.0. The Bertz CT molecular complexity index is 511. The van der Waals surface area contributed by atoms with E-state index in [9.17, 15) is 4.79 Å². The van der Waals surface area contributed by atoms with Crippen LogP contribution in [0.25, 0.3) is 10.9 Å². The van der Waals surface area contributed by atoms with Crippen LogP contribution >= 0.6 is 0 Å². The van der Waals surface area contributed by atoms with Gasteiger partial charge in [-0.15, -0.1) is 0 Å². The molecule has 15 heavy (non-hydrogen) atoms. The summed E-state index contributed by atoms with van der Waals surface area (Å²) < 4.78 is 0.